The molecule has 2 heterocycles. The predicted octanol–water partition coefficient (Wildman–Crippen LogP) is 4.59. The van der Waals surface area contributed by atoms with Gasteiger partial charge in [0.15, 0.2) is 0 Å². The lowest BCUT2D eigenvalue weighted by Crippen LogP contribution is -1.79. The molecule has 0 bridgehead atoms. The fraction of sp³-hybridized carbons (Fsp3) is 0.118. The summed E-state index contributed by atoms with van der Waals surface area (Å²) < 4.78 is 5.59. The molecule has 3 nitrogen and oxygen atoms in total. The molecule has 3 heteroatoms. The Labute approximate surface area is 116 Å². The minimum Gasteiger partial charge on any atom is -0.464 e. The van der Waals surface area contributed by atoms with E-state index >= 15 is 0 Å². The molecule has 0 saturated heterocycles. The average molecular weight is 262 g/mol. The van der Waals surface area contributed by atoms with Gasteiger partial charge in [-0.15, -0.1) is 0 Å². The van der Waals surface area contributed by atoms with Gasteiger partial charge in [-0.1, -0.05) is 18.2 Å². The van der Waals surface area contributed by atoms with E-state index in [2.05, 4.69) is 37.0 Å². The number of nitrogens with one attached hydrogen (secondary N) is 1. The molecule has 0 radical (unpaired) electrons. The number of para-hydroxylation sites is 1. The normalized spacial score (nSPS) is 11.5. The zero-order valence-corrected chi connectivity index (χ0v) is 11.4. The molecule has 20 heavy (non-hydrogen) atoms. The number of hydrogen-bond donors (Lipinski definition) is 1. The second kappa shape index (κ2) is 3.97. The number of aromatic amines is 1. The molecule has 0 saturated carbocycles. The van der Waals surface area contributed by atoms with E-state index in [1.807, 2.05) is 18.2 Å². The van der Waals surface area contributed by atoms with Crippen LogP contribution in [0, 0.1) is 13.8 Å². The third kappa shape index (κ3) is 1.56. The zero-order chi connectivity index (χ0) is 13.7. The lowest BCUT2D eigenvalue weighted by Gasteiger charge is -1.97. The average Bonchev–Trinajstić information content (AvgIpc) is 3.02. The van der Waals surface area contributed by atoms with E-state index in [0.29, 0.717) is 0 Å². The van der Waals surface area contributed by atoms with Crippen molar-refractivity contribution in [3.8, 4) is 11.4 Å². The fourth-order valence-electron chi connectivity index (χ4n) is 2.56. The van der Waals surface area contributed by atoms with Crippen molar-refractivity contribution in [1.29, 1.82) is 0 Å². The highest BCUT2D eigenvalue weighted by Crippen LogP contribution is 2.30. The summed E-state index contributed by atoms with van der Waals surface area (Å²) in [5.74, 6) is 0.856. The van der Waals surface area contributed by atoms with Gasteiger partial charge in [0.25, 0.3) is 0 Å². The Balaban J connectivity index is 1.98. The van der Waals surface area contributed by atoms with Gasteiger partial charge in [-0.2, -0.15) is 0 Å². The number of benzene rings is 2. The molecule has 0 fully saturated rings. The zero-order valence-electron chi connectivity index (χ0n) is 11.4. The number of fused-ring (bicyclic) bond motifs is 2. The van der Waals surface area contributed by atoms with Gasteiger partial charge in [0.2, 0.25) is 0 Å². The van der Waals surface area contributed by atoms with Crippen molar-refractivity contribution in [3.63, 3.8) is 0 Å². The molecule has 0 spiro atoms. The molecule has 2 aromatic carbocycles. The van der Waals surface area contributed by atoms with Crippen LogP contribution in [0.1, 0.15) is 11.1 Å². The van der Waals surface area contributed by atoms with Gasteiger partial charge in [0.1, 0.15) is 17.7 Å². The van der Waals surface area contributed by atoms with Gasteiger partial charge in [-0.05, 0) is 43.2 Å². The van der Waals surface area contributed by atoms with Crippen molar-refractivity contribution in [1.82, 2.24) is 9.97 Å². The predicted molar refractivity (Wildman–Crippen MR) is 80.8 cm³/mol. The van der Waals surface area contributed by atoms with E-state index in [-0.39, 0.29) is 0 Å². The number of nitrogens with zero attached hydrogens (tertiary/aromatic N) is 1. The van der Waals surface area contributed by atoms with E-state index in [1.54, 1.807) is 6.26 Å². The summed E-state index contributed by atoms with van der Waals surface area (Å²) in [5.41, 5.74) is 6.47. The topological polar surface area (TPSA) is 41.8 Å². The monoisotopic (exact) mass is 262 g/mol. The number of H-pyrrole nitrogens is 1. The maximum absolute atomic E-state index is 5.59. The van der Waals surface area contributed by atoms with Crippen molar-refractivity contribution in [3.05, 3.63) is 53.8 Å². The van der Waals surface area contributed by atoms with Crippen LogP contribution in [0.4, 0.5) is 0 Å². The molecule has 0 amide bonds. The van der Waals surface area contributed by atoms with Crippen LogP contribution < -0.4 is 0 Å². The van der Waals surface area contributed by atoms with E-state index in [0.717, 1.165) is 33.4 Å². The molecule has 0 unspecified atom stereocenters. The maximum Gasteiger partial charge on any atom is 0.142 e. The summed E-state index contributed by atoms with van der Waals surface area (Å²) in [6.07, 6.45) is 1.77. The molecule has 4 aromatic rings. The first-order valence-corrected chi connectivity index (χ1v) is 6.66. The van der Waals surface area contributed by atoms with Crippen LogP contribution in [-0.2, 0) is 0 Å². The number of rotatable bonds is 1. The summed E-state index contributed by atoms with van der Waals surface area (Å²) in [4.78, 5) is 8.08. The summed E-state index contributed by atoms with van der Waals surface area (Å²) in [5, 5.41) is 1.08. The van der Waals surface area contributed by atoms with Gasteiger partial charge in [-0.25, -0.2) is 4.98 Å². The van der Waals surface area contributed by atoms with Gasteiger partial charge in [0.05, 0.1) is 16.6 Å². The smallest absolute Gasteiger partial charge is 0.142 e. The SMILES string of the molecule is Cc1cc2nc(-c3coc4ccccc34)[nH]c2cc1C. The van der Waals surface area contributed by atoms with Crippen molar-refractivity contribution in [2.75, 3.05) is 0 Å². The van der Waals surface area contributed by atoms with Crippen molar-refractivity contribution < 1.29 is 4.42 Å². The van der Waals surface area contributed by atoms with Gasteiger partial charge < -0.3 is 9.40 Å². The van der Waals surface area contributed by atoms with E-state index < -0.39 is 0 Å². The highest BCUT2D eigenvalue weighted by molar-refractivity contribution is 5.94. The first-order chi connectivity index (χ1) is 9.72. The number of furan rings is 1. The minimum absolute atomic E-state index is 0.856. The van der Waals surface area contributed by atoms with Gasteiger partial charge in [-0.3, -0.25) is 0 Å². The van der Waals surface area contributed by atoms with Crippen LogP contribution in [0.25, 0.3) is 33.4 Å². The van der Waals surface area contributed by atoms with Gasteiger partial charge >= 0.3 is 0 Å². The van der Waals surface area contributed by atoms with Crippen molar-refractivity contribution in [2.24, 2.45) is 0 Å². The molecule has 2 aromatic heterocycles. The lowest BCUT2D eigenvalue weighted by molar-refractivity contribution is 0.616. The van der Waals surface area contributed by atoms with E-state index in [9.17, 15) is 0 Å². The quantitative estimate of drug-likeness (QED) is 0.545. The molecule has 0 aliphatic heterocycles. The summed E-state index contributed by atoms with van der Waals surface area (Å²) >= 11 is 0. The number of aryl methyl sites for hydroxylation is 2. The summed E-state index contributed by atoms with van der Waals surface area (Å²) in [6, 6.07) is 12.3. The Morgan fingerprint density at radius 3 is 2.75 bits per heavy atom. The maximum atomic E-state index is 5.59. The molecule has 98 valence electrons. The number of aromatic nitrogens is 2. The summed E-state index contributed by atoms with van der Waals surface area (Å²) in [7, 11) is 0. The fourth-order valence-corrected chi connectivity index (χ4v) is 2.56. The standard InChI is InChI=1S/C17H14N2O/c1-10-7-14-15(8-11(10)2)19-17(18-14)13-9-20-16-6-4-3-5-12(13)16/h3-9H,1-2H3,(H,18,19). The Morgan fingerprint density at radius 1 is 1.05 bits per heavy atom. The van der Waals surface area contributed by atoms with Crippen LogP contribution in [0.2, 0.25) is 0 Å². The second-order valence-corrected chi connectivity index (χ2v) is 5.18. The van der Waals surface area contributed by atoms with Crippen molar-refractivity contribution >= 4 is 22.0 Å². The Morgan fingerprint density at radius 2 is 1.85 bits per heavy atom. The van der Waals surface area contributed by atoms with Crippen LogP contribution in [0.15, 0.2) is 47.1 Å². The first-order valence-electron chi connectivity index (χ1n) is 6.66. The van der Waals surface area contributed by atoms with E-state index in [4.69, 9.17) is 9.40 Å². The summed E-state index contributed by atoms with van der Waals surface area (Å²) in [6.45, 7) is 4.22. The molecule has 4 rings (SSSR count). The number of hydrogen-bond acceptors (Lipinski definition) is 2. The third-order valence-corrected chi connectivity index (χ3v) is 3.83. The van der Waals surface area contributed by atoms with Crippen LogP contribution in [-0.4, -0.2) is 9.97 Å². The van der Waals surface area contributed by atoms with Gasteiger partial charge in [0, 0.05) is 5.39 Å². The van der Waals surface area contributed by atoms with E-state index in [1.165, 1.54) is 11.1 Å². The third-order valence-electron chi connectivity index (χ3n) is 3.83. The highest BCUT2D eigenvalue weighted by Gasteiger charge is 2.12. The molecule has 0 aliphatic rings. The first kappa shape index (κ1) is 11.3. The molecule has 0 aliphatic carbocycles. The van der Waals surface area contributed by atoms with Crippen LogP contribution in [0.3, 0.4) is 0 Å². The van der Waals surface area contributed by atoms with Crippen LogP contribution in [0.5, 0.6) is 0 Å². The van der Waals surface area contributed by atoms with Crippen molar-refractivity contribution in [2.45, 2.75) is 13.8 Å². The Kier molecular flexibility index (Phi) is 2.24. The largest absolute Gasteiger partial charge is 0.464 e. The molecular weight excluding hydrogens is 248 g/mol. The molecule has 1 N–H and O–H groups in total. The Bertz CT molecular complexity index is 892. The second-order valence-electron chi connectivity index (χ2n) is 5.18. The molecule has 0 atom stereocenters. The minimum atomic E-state index is 0.856. The Hall–Kier alpha value is -2.55. The number of imidazole rings is 1. The molecular formula is C17H14N2O. The van der Waals surface area contributed by atoms with Crippen LogP contribution >= 0.6 is 0 Å². The lowest BCUT2D eigenvalue weighted by atomic mass is 10.1. The highest BCUT2D eigenvalue weighted by atomic mass is 16.3.